The predicted octanol–water partition coefficient (Wildman–Crippen LogP) is 2.38. The zero-order valence-corrected chi connectivity index (χ0v) is 12.3. The molecule has 2 heterocycles. The van der Waals surface area contributed by atoms with E-state index in [2.05, 4.69) is 40.7 Å². The maximum atomic E-state index is 4.41. The van der Waals surface area contributed by atoms with E-state index in [0.717, 1.165) is 37.7 Å². The van der Waals surface area contributed by atoms with Gasteiger partial charge in [-0.05, 0) is 7.05 Å². The highest BCUT2D eigenvalue weighted by Gasteiger charge is 2.14. The molecule has 4 nitrogen and oxygen atoms in total. The van der Waals surface area contributed by atoms with Gasteiger partial charge >= 0.3 is 0 Å². The van der Waals surface area contributed by atoms with Crippen LogP contribution in [0.15, 0.2) is 12.4 Å². The van der Waals surface area contributed by atoms with Gasteiger partial charge in [-0.2, -0.15) is 0 Å². The molecule has 1 aromatic rings. The van der Waals surface area contributed by atoms with E-state index in [1.54, 1.807) is 0 Å². The van der Waals surface area contributed by atoms with Crippen LogP contribution in [0.3, 0.4) is 0 Å². The normalized spacial score (nSPS) is 16.4. The van der Waals surface area contributed by atoms with E-state index in [9.17, 15) is 0 Å². The van der Waals surface area contributed by atoms with Crippen molar-refractivity contribution < 1.29 is 0 Å². The topological polar surface area (TPSA) is 32.3 Å². The fourth-order valence-electron chi connectivity index (χ4n) is 1.86. The molecule has 4 heteroatoms. The largest absolute Gasteiger partial charge is 0.366 e. The van der Waals surface area contributed by atoms with Crippen LogP contribution in [0.1, 0.15) is 39.4 Å². The van der Waals surface area contributed by atoms with Crippen molar-refractivity contribution in [2.75, 3.05) is 38.1 Å². The molecule has 0 bridgehead atoms. The van der Waals surface area contributed by atoms with Crippen molar-refractivity contribution in [1.29, 1.82) is 0 Å². The van der Waals surface area contributed by atoms with Gasteiger partial charge in [0.2, 0.25) is 0 Å². The maximum Gasteiger partial charge on any atom is 0.130 e. The summed E-state index contributed by atoms with van der Waals surface area (Å²) in [6.45, 7) is 12.6. The minimum absolute atomic E-state index is 0.404. The summed E-state index contributed by atoms with van der Waals surface area (Å²) in [4.78, 5) is 13.5. The molecule has 0 radical (unpaired) electrons. The third-order valence-corrected chi connectivity index (χ3v) is 3.04. The molecular weight excluding hydrogens is 224 g/mol. The third-order valence-electron chi connectivity index (χ3n) is 3.04. The molecule has 102 valence electrons. The Balaban J connectivity index is 0.000000771. The molecule has 0 N–H and O–H groups in total. The van der Waals surface area contributed by atoms with Crippen molar-refractivity contribution >= 4 is 5.69 Å². The molecule has 0 amide bonds. The van der Waals surface area contributed by atoms with E-state index < -0.39 is 0 Å². The zero-order valence-electron chi connectivity index (χ0n) is 12.3. The number of piperazine rings is 1. The van der Waals surface area contributed by atoms with Crippen LogP contribution < -0.4 is 4.90 Å². The van der Waals surface area contributed by atoms with Crippen molar-refractivity contribution in [3.8, 4) is 0 Å². The van der Waals surface area contributed by atoms with Gasteiger partial charge in [0.15, 0.2) is 0 Å². The van der Waals surface area contributed by atoms with Gasteiger partial charge in [0, 0.05) is 32.1 Å². The van der Waals surface area contributed by atoms with Crippen LogP contribution in [0.5, 0.6) is 0 Å². The molecular formula is C14H26N4. The first kappa shape index (κ1) is 14.9. The van der Waals surface area contributed by atoms with Crippen molar-refractivity contribution in [3.63, 3.8) is 0 Å². The lowest BCUT2D eigenvalue weighted by Crippen LogP contribution is -2.44. The smallest absolute Gasteiger partial charge is 0.130 e. The average molecular weight is 250 g/mol. The quantitative estimate of drug-likeness (QED) is 0.806. The van der Waals surface area contributed by atoms with E-state index in [1.807, 2.05) is 26.2 Å². The van der Waals surface area contributed by atoms with Gasteiger partial charge in [-0.3, -0.25) is 0 Å². The summed E-state index contributed by atoms with van der Waals surface area (Å²) in [7, 11) is 2.16. The van der Waals surface area contributed by atoms with Crippen LogP contribution in [0.4, 0.5) is 5.69 Å². The Bertz CT molecular complexity index is 326. The minimum atomic E-state index is 0.404. The summed E-state index contributed by atoms with van der Waals surface area (Å²) in [6.07, 6.45) is 3.90. The standard InChI is InChI=1S/C12H20N4.C2H6/c1-10(2)12-13-8-11(9-14-12)16-6-4-15(3)5-7-16;1-2/h8-10H,4-7H2,1-3H3;1-2H3. The molecule has 0 aromatic carbocycles. The van der Waals surface area contributed by atoms with Gasteiger partial charge in [0.05, 0.1) is 18.1 Å². The molecule has 0 atom stereocenters. The van der Waals surface area contributed by atoms with E-state index in [1.165, 1.54) is 0 Å². The van der Waals surface area contributed by atoms with Gasteiger partial charge < -0.3 is 9.80 Å². The second-order valence-corrected chi connectivity index (χ2v) is 4.74. The molecule has 0 aliphatic carbocycles. The first-order valence-electron chi connectivity index (χ1n) is 6.92. The fraction of sp³-hybridized carbons (Fsp3) is 0.714. The van der Waals surface area contributed by atoms with Gasteiger partial charge in [0.25, 0.3) is 0 Å². The second-order valence-electron chi connectivity index (χ2n) is 4.74. The Morgan fingerprint density at radius 3 is 1.94 bits per heavy atom. The lowest BCUT2D eigenvalue weighted by molar-refractivity contribution is 0.312. The number of likely N-dealkylation sites (N-methyl/N-ethyl adjacent to an activating group) is 1. The van der Waals surface area contributed by atoms with E-state index >= 15 is 0 Å². The van der Waals surface area contributed by atoms with Gasteiger partial charge in [-0.1, -0.05) is 27.7 Å². The van der Waals surface area contributed by atoms with Crippen molar-refractivity contribution in [3.05, 3.63) is 18.2 Å². The number of rotatable bonds is 2. The molecule has 2 rings (SSSR count). The number of hydrogen-bond acceptors (Lipinski definition) is 4. The molecule has 1 aliphatic rings. The first-order chi connectivity index (χ1) is 8.66. The lowest BCUT2D eigenvalue weighted by atomic mass is 10.2. The summed E-state index contributed by atoms with van der Waals surface area (Å²) < 4.78 is 0. The fourth-order valence-corrected chi connectivity index (χ4v) is 1.86. The Morgan fingerprint density at radius 2 is 1.50 bits per heavy atom. The summed E-state index contributed by atoms with van der Waals surface area (Å²) in [5.41, 5.74) is 1.15. The third kappa shape index (κ3) is 3.95. The van der Waals surface area contributed by atoms with Crippen LogP contribution in [-0.2, 0) is 0 Å². The van der Waals surface area contributed by atoms with E-state index in [-0.39, 0.29) is 0 Å². The first-order valence-corrected chi connectivity index (χ1v) is 6.92. The summed E-state index contributed by atoms with van der Waals surface area (Å²) >= 11 is 0. The minimum Gasteiger partial charge on any atom is -0.366 e. The van der Waals surface area contributed by atoms with Gasteiger partial charge in [-0.25, -0.2) is 9.97 Å². The monoisotopic (exact) mass is 250 g/mol. The van der Waals surface area contributed by atoms with Crippen molar-refractivity contribution in [1.82, 2.24) is 14.9 Å². The van der Waals surface area contributed by atoms with Gasteiger partial charge in [0.1, 0.15) is 5.82 Å². The number of aromatic nitrogens is 2. The predicted molar refractivity (Wildman–Crippen MR) is 77.2 cm³/mol. The highest BCUT2D eigenvalue weighted by molar-refractivity contribution is 5.42. The molecule has 1 aromatic heterocycles. The second kappa shape index (κ2) is 7.31. The number of nitrogens with zero attached hydrogens (tertiary/aromatic N) is 4. The molecule has 1 fully saturated rings. The molecule has 0 spiro atoms. The maximum absolute atomic E-state index is 4.41. The van der Waals surface area contributed by atoms with Crippen LogP contribution >= 0.6 is 0 Å². The highest BCUT2D eigenvalue weighted by atomic mass is 15.3. The SMILES string of the molecule is CC.CC(C)c1ncc(N2CCN(C)CC2)cn1. The van der Waals surface area contributed by atoms with Gasteiger partial charge in [-0.15, -0.1) is 0 Å². The average Bonchev–Trinajstić information content (AvgIpc) is 2.42. The van der Waals surface area contributed by atoms with Crippen LogP contribution in [-0.4, -0.2) is 48.1 Å². The summed E-state index contributed by atoms with van der Waals surface area (Å²) in [5, 5.41) is 0. The van der Waals surface area contributed by atoms with Crippen LogP contribution in [0, 0.1) is 0 Å². The van der Waals surface area contributed by atoms with E-state index in [4.69, 9.17) is 0 Å². The summed E-state index contributed by atoms with van der Waals surface area (Å²) in [5.74, 6) is 1.33. The van der Waals surface area contributed by atoms with Crippen molar-refractivity contribution in [2.45, 2.75) is 33.6 Å². The Morgan fingerprint density at radius 1 is 1.00 bits per heavy atom. The lowest BCUT2D eigenvalue weighted by Gasteiger charge is -2.33. The Labute approximate surface area is 111 Å². The number of anilines is 1. The molecule has 18 heavy (non-hydrogen) atoms. The Kier molecular flexibility index (Phi) is 6.05. The van der Waals surface area contributed by atoms with Crippen molar-refractivity contribution in [2.24, 2.45) is 0 Å². The van der Waals surface area contributed by atoms with Crippen LogP contribution in [0.25, 0.3) is 0 Å². The highest BCUT2D eigenvalue weighted by Crippen LogP contribution is 2.15. The summed E-state index contributed by atoms with van der Waals surface area (Å²) in [6, 6.07) is 0. The van der Waals surface area contributed by atoms with E-state index in [0.29, 0.717) is 5.92 Å². The number of hydrogen-bond donors (Lipinski definition) is 0. The van der Waals surface area contributed by atoms with Crippen LogP contribution in [0.2, 0.25) is 0 Å². The molecule has 0 unspecified atom stereocenters. The Hall–Kier alpha value is -1.16. The molecule has 0 saturated carbocycles. The molecule has 1 saturated heterocycles. The zero-order chi connectivity index (χ0) is 13.5. The molecule has 1 aliphatic heterocycles.